The maximum absolute atomic E-state index is 11.2. The van der Waals surface area contributed by atoms with E-state index >= 15 is 0 Å². The van der Waals surface area contributed by atoms with Gasteiger partial charge in [-0.2, -0.15) is 5.26 Å². The zero-order valence-electron chi connectivity index (χ0n) is 11.5. The molecule has 0 spiro atoms. The molecule has 0 atom stereocenters. The van der Waals surface area contributed by atoms with Crippen LogP contribution in [0, 0.1) is 0 Å². The van der Waals surface area contributed by atoms with Gasteiger partial charge in [0.25, 0.3) is 0 Å². The van der Waals surface area contributed by atoms with Crippen molar-refractivity contribution < 1.29 is 19.7 Å². The maximum atomic E-state index is 11.2. The molecule has 0 aromatic heterocycles. The first-order valence-electron chi connectivity index (χ1n) is 7.06. The Bertz CT molecular complexity index is 226. The van der Waals surface area contributed by atoms with E-state index in [1.807, 2.05) is 0 Å². The Hall–Kier alpha value is -0.900. The lowest BCUT2D eigenvalue weighted by Gasteiger charge is -2.01. The Morgan fingerprint density at radius 1 is 0.889 bits per heavy atom. The molecule has 4 nitrogen and oxygen atoms in total. The van der Waals surface area contributed by atoms with Gasteiger partial charge in [0.15, 0.2) is 0 Å². The van der Waals surface area contributed by atoms with Gasteiger partial charge in [0.05, 0.1) is 0 Å². The van der Waals surface area contributed by atoms with Crippen LogP contribution in [0.25, 0.3) is 0 Å². The first-order chi connectivity index (χ1) is 8.70. The van der Waals surface area contributed by atoms with Crippen LogP contribution in [0.3, 0.4) is 0 Å². The topological polar surface area (TPSA) is 63.6 Å². The Labute approximate surface area is 110 Å². The van der Waals surface area contributed by atoms with E-state index in [2.05, 4.69) is 11.8 Å². The fraction of sp³-hybridized carbons (Fsp3) is 0.857. The summed E-state index contributed by atoms with van der Waals surface area (Å²) in [5.74, 6) is -1.02. The zero-order valence-corrected chi connectivity index (χ0v) is 11.5. The third-order valence-electron chi connectivity index (χ3n) is 3.00. The number of hydrogen-bond donors (Lipinski definition) is 1. The van der Waals surface area contributed by atoms with Crippen molar-refractivity contribution in [3.05, 3.63) is 0 Å². The van der Waals surface area contributed by atoms with Crippen LogP contribution >= 0.6 is 0 Å². The molecule has 0 saturated heterocycles. The normalized spacial score (nSPS) is 10.3. The fourth-order valence-electron chi connectivity index (χ4n) is 1.91. The minimum absolute atomic E-state index is 0.156. The first-order valence-corrected chi connectivity index (χ1v) is 7.06. The second kappa shape index (κ2) is 12.6. The molecule has 0 fully saturated rings. The van der Waals surface area contributed by atoms with Crippen LogP contribution in [-0.2, 0) is 14.5 Å². The second-order valence-electron chi connectivity index (χ2n) is 4.76. The molecule has 0 aromatic rings. The molecule has 0 aliphatic carbocycles. The summed E-state index contributed by atoms with van der Waals surface area (Å²) in [6.07, 6.45) is 10.9. The van der Waals surface area contributed by atoms with Crippen molar-refractivity contribution in [3.63, 3.8) is 0 Å². The highest BCUT2D eigenvalue weighted by atomic mass is 17.1. The van der Waals surface area contributed by atoms with E-state index in [9.17, 15) is 9.59 Å². The lowest BCUT2D eigenvalue weighted by Crippen LogP contribution is -2.09. The summed E-state index contributed by atoms with van der Waals surface area (Å²) in [6, 6.07) is 0. The molecule has 0 rings (SSSR count). The molecule has 0 aliphatic heterocycles. The van der Waals surface area contributed by atoms with Gasteiger partial charge in [-0.15, -0.1) is 0 Å². The van der Waals surface area contributed by atoms with E-state index in [4.69, 9.17) is 5.26 Å². The van der Waals surface area contributed by atoms with E-state index in [0.29, 0.717) is 6.42 Å². The van der Waals surface area contributed by atoms with Crippen LogP contribution < -0.4 is 0 Å². The molecular formula is C14H26O4. The van der Waals surface area contributed by atoms with Crippen molar-refractivity contribution in [2.45, 2.75) is 77.6 Å². The lowest BCUT2D eigenvalue weighted by molar-refractivity contribution is -0.233. The van der Waals surface area contributed by atoms with E-state index in [0.717, 1.165) is 19.3 Å². The van der Waals surface area contributed by atoms with Gasteiger partial charge in [-0.3, -0.25) is 4.79 Å². The first kappa shape index (κ1) is 17.1. The summed E-state index contributed by atoms with van der Waals surface area (Å²) in [5.41, 5.74) is 0. The predicted molar refractivity (Wildman–Crippen MR) is 70.2 cm³/mol. The van der Waals surface area contributed by atoms with Crippen molar-refractivity contribution in [3.8, 4) is 0 Å². The average Bonchev–Trinajstić information content (AvgIpc) is 2.36. The van der Waals surface area contributed by atoms with Gasteiger partial charge in [-0.1, -0.05) is 58.3 Å². The number of carbonyl (C=O) groups is 2. The monoisotopic (exact) mass is 258 g/mol. The molecule has 0 aromatic carbocycles. The number of Topliss-reactive ketones (excluding diaryl/α,β-unsaturated/α-hetero) is 1. The van der Waals surface area contributed by atoms with Gasteiger partial charge in [-0.05, 0) is 6.42 Å². The average molecular weight is 258 g/mol. The molecule has 0 bridgehead atoms. The number of ketones is 1. The minimum atomic E-state index is -0.865. The molecule has 0 unspecified atom stereocenters. The third-order valence-corrected chi connectivity index (χ3v) is 3.00. The van der Waals surface area contributed by atoms with Gasteiger partial charge in [0, 0.05) is 6.42 Å². The predicted octanol–water partition coefficient (Wildman–Crippen LogP) is 3.88. The summed E-state index contributed by atoms with van der Waals surface area (Å²) < 4.78 is 0. The highest BCUT2D eigenvalue weighted by molar-refractivity contribution is 5.95. The van der Waals surface area contributed by atoms with Crippen molar-refractivity contribution in [1.29, 1.82) is 0 Å². The highest BCUT2D eigenvalue weighted by Gasteiger charge is 2.09. The van der Waals surface area contributed by atoms with Gasteiger partial charge >= 0.3 is 5.97 Å². The molecule has 18 heavy (non-hydrogen) atoms. The van der Waals surface area contributed by atoms with Crippen molar-refractivity contribution in [2.24, 2.45) is 0 Å². The molecule has 0 radical (unpaired) electrons. The Morgan fingerprint density at radius 3 is 1.89 bits per heavy atom. The minimum Gasteiger partial charge on any atom is -0.301 e. The Kier molecular flexibility index (Phi) is 11.9. The van der Waals surface area contributed by atoms with Gasteiger partial charge in [0.2, 0.25) is 0 Å². The van der Waals surface area contributed by atoms with Crippen LogP contribution in [0.5, 0.6) is 0 Å². The summed E-state index contributed by atoms with van der Waals surface area (Å²) in [6.45, 7) is 2.21. The number of unbranched alkanes of at least 4 members (excludes halogenated alkanes) is 8. The van der Waals surface area contributed by atoms with E-state index in [1.165, 1.54) is 38.5 Å². The number of hydrogen-bond acceptors (Lipinski definition) is 4. The molecule has 1 N–H and O–H groups in total. The molecule has 0 heterocycles. The van der Waals surface area contributed by atoms with E-state index < -0.39 is 5.97 Å². The molecule has 0 aliphatic rings. The molecule has 4 heteroatoms. The van der Waals surface area contributed by atoms with Gasteiger partial charge in [-0.25, -0.2) is 4.79 Å². The SMILES string of the molecule is CCCCCCCCCCCC(=O)CC(=O)OO. The molecule has 0 amide bonds. The Morgan fingerprint density at radius 2 is 1.39 bits per heavy atom. The summed E-state index contributed by atoms with van der Waals surface area (Å²) >= 11 is 0. The van der Waals surface area contributed by atoms with Crippen LogP contribution in [0.1, 0.15) is 77.6 Å². The molecule has 106 valence electrons. The highest BCUT2D eigenvalue weighted by Crippen LogP contribution is 2.11. The summed E-state index contributed by atoms with van der Waals surface area (Å²) in [4.78, 5) is 25.2. The molecular weight excluding hydrogens is 232 g/mol. The number of carbonyl (C=O) groups excluding carboxylic acids is 2. The van der Waals surface area contributed by atoms with Gasteiger partial charge in [0.1, 0.15) is 12.2 Å². The smallest absolute Gasteiger partial charge is 0.301 e. The maximum Gasteiger partial charge on any atom is 0.349 e. The van der Waals surface area contributed by atoms with Gasteiger partial charge < -0.3 is 4.89 Å². The van der Waals surface area contributed by atoms with Crippen molar-refractivity contribution >= 4 is 11.8 Å². The number of rotatable bonds is 12. The van der Waals surface area contributed by atoms with Crippen molar-refractivity contribution in [1.82, 2.24) is 0 Å². The van der Waals surface area contributed by atoms with Crippen LogP contribution in [0.2, 0.25) is 0 Å². The standard InChI is InChI=1S/C14H26O4/c1-2-3-4-5-6-7-8-9-10-11-13(15)12-14(16)18-17/h17H,2-12H2,1H3. The largest absolute Gasteiger partial charge is 0.349 e. The van der Waals surface area contributed by atoms with Crippen LogP contribution in [0.4, 0.5) is 0 Å². The quantitative estimate of drug-likeness (QED) is 0.250. The zero-order chi connectivity index (χ0) is 13.6. The van der Waals surface area contributed by atoms with Crippen molar-refractivity contribution in [2.75, 3.05) is 0 Å². The van der Waals surface area contributed by atoms with Crippen LogP contribution in [0.15, 0.2) is 0 Å². The lowest BCUT2D eigenvalue weighted by atomic mass is 10.0. The summed E-state index contributed by atoms with van der Waals surface area (Å²) in [7, 11) is 0. The Balaban J connectivity index is 3.20. The summed E-state index contributed by atoms with van der Waals surface area (Å²) in [5, 5.41) is 8.01. The fourth-order valence-corrected chi connectivity index (χ4v) is 1.91. The van der Waals surface area contributed by atoms with Crippen LogP contribution in [-0.4, -0.2) is 17.0 Å². The second-order valence-corrected chi connectivity index (χ2v) is 4.76. The van der Waals surface area contributed by atoms with E-state index in [1.54, 1.807) is 0 Å². The third kappa shape index (κ3) is 11.6. The molecule has 0 saturated carbocycles. The van der Waals surface area contributed by atoms with E-state index in [-0.39, 0.29) is 12.2 Å².